The van der Waals surface area contributed by atoms with Crippen molar-refractivity contribution in [1.29, 1.82) is 0 Å². The normalized spacial score (nSPS) is 16.6. The first-order valence-electron chi connectivity index (χ1n) is 7.00. The van der Waals surface area contributed by atoms with E-state index in [2.05, 4.69) is 23.6 Å². The molecule has 0 saturated carbocycles. The zero-order chi connectivity index (χ0) is 15.0. The van der Waals surface area contributed by atoms with Gasteiger partial charge in [0.25, 0.3) is 0 Å². The first-order valence-corrected chi connectivity index (χ1v) is 7.41. The molecule has 1 aromatic heterocycles. The largest absolute Gasteiger partial charge is 0.469 e. The Hall–Kier alpha value is -1.94. The van der Waals surface area contributed by atoms with Crippen molar-refractivity contribution < 1.29 is 9.53 Å². The number of nitrogens with zero attached hydrogens (tertiary/aromatic N) is 1. The maximum atomic E-state index is 11.8. The van der Waals surface area contributed by atoms with Gasteiger partial charge in [-0.25, -0.2) is 0 Å². The highest BCUT2D eigenvalue weighted by Gasteiger charge is 2.31. The van der Waals surface area contributed by atoms with Crippen LogP contribution in [0.25, 0.3) is 0 Å². The fourth-order valence-corrected chi connectivity index (χ4v) is 3.19. The Kier molecular flexibility index (Phi) is 3.64. The van der Waals surface area contributed by atoms with Crippen molar-refractivity contribution >= 4 is 23.1 Å². The van der Waals surface area contributed by atoms with Crippen LogP contribution in [0, 0.1) is 6.92 Å². The third-order valence-electron chi connectivity index (χ3n) is 4.04. The number of benzene rings is 1. The van der Waals surface area contributed by atoms with Crippen LogP contribution in [0.4, 0.5) is 0 Å². The van der Waals surface area contributed by atoms with Gasteiger partial charge in [0.1, 0.15) is 0 Å². The highest BCUT2D eigenvalue weighted by molar-refractivity contribution is 7.81. The quantitative estimate of drug-likeness (QED) is 0.495. The van der Waals surface area contributed by atoms with Gasteiger partial charge in [-0.15, -0.1) is 0 Å². The molecule has 0 spiro atoms. The molecule has 108 valence electrons. The average molecular weight is 299 g/mol. The number of carbonyl (C=O) groups excluding carboxylic acids is 1. The van der Waals surface area contributed by atoms with Gasteiger partial charge in [-0.05, 0) is 31.0 Å². The first-order chi connectivity index (χ1) is 10.1. The van der Waals surface area contributed by atoms with E-state index in [4.69, 9.17) is 17.0 Å². The van der Waals surface area contributed by atoms with Gasteiger partial charge < -0.3 is 9.30 Å². The Morgan fingerprint density at radius 1 is 1.24 bits per heavy atom. The molecule has 3 nitrogen and oxygen atoms in total. The third kappa shape index (κ3) is 2.40. The number of esters is 1. The highest BCUT2D eigenvalue weighted by Crippen LogP contribution is 2.32. The highest BCUT2D eigenvalue weighted by atomic mass is 32.1. The third-order valence-corrected chi connectivity index (χ3v) is 4.49. The second kappa shape index (κ2) is 5.45. The Morgan fingerprint density at radius 2 is 1.95 bits per heavy atom. The van der Waals surface area contributed by atoms with E-state index in [0.717, 1.165) is 34.8 Å². The molecule has 1 atom stereocenters. The van der Waals surface area contributed by atoms with Crippen LogP contribution in [0.5, 0.6) is 0 Å². The Labute approximate surface area is 129 Å². The summed E-state index contributed by atoms with van der Waals surface area (Å²) in [5.74, 6) is -0.329. The summed E-state index contributed by atoms with van der Waals surface area (Å²) in [5.41, 5.74) is 4.27. The van der Waals surface area contributed by atoms with Crippen molar-refractivity contribution in [1.82, 2.24) is 4.57 Å². The number of aromatic nitrogens is 1. The van der Waals surface area contributed by atoms with Crippen LogP contribution in [0.1, 0.15) is 34.9 Å². The average Bonchev–Trinajstić information content (AvgIpc) is 3.08. The van der Waals surface area contributed by atoms with E-state index in [9.17, 15) is 4.79 Å². The number of ether oxygens (including phenoxy) is 1. The molecule has 0 radical (unpaired) electrons. The minimum Gasteiger partial charge on any atom is -0.469 e. The fourth-order valence-electron chi connectivity index (χ4n) is 2.88. The van der Waals surface area contributed by atoms with Crippen molar-refractivity contribution in [3.63, 3.8) is 0 Å². The second-order valence-electron chi connectivity index (χ2n) is 5.35. The summed E-state index contributed by atoms with van der Waals surface area (Å²) in [6, 6.07) is 12.2. The van der Waals surface area contributed by atoms with Gasteiger partial charge in [0.05, 0.1) is 23.6 Å². The molecular weight excluding hydrogens is 282 g/mol. The molecular formula is C17H17NO2S. The lowest BCUT2D eigenvalue weighted by Gasteiger charge is -2.08. The minimum absolute atomic E-state index is 0.162. The molecule has 0 N–H and O–H groups in total. The van der Waals surface area contributed by atoms with E-state index in [0.29, 0.717) is 0 Å². The number of hydrogen-bond donors (Lipinski definition) is 0. The predicted octanol–water partition coefficient (Wildman–Crippen LogP) is 3.22. The second-order valence-corrected chi connectivity index (χ2v) is 5.76. The maximum Gasteiger partial charge on any atom is 0.314 e. The van der Waals surface area contributed by atoms with Crippen molar-refractivity contribution in [2.45, 2.75) is 25.8 Å². The van der Waals surface area contributed by atoms with Gasteiger partial charge in [0.2, 0.25) is 0 Å². The lowest BCUT2D eigenvalue weighted by molar-refractivity contribution is -0.142. The zero-order valence-corrected chi connectivity index (χ0v) is 12.9. The molecule has 1 aromatic carbocycles. The molecule has 1 unspecified atom stereocenters. The van der Waals surface area contributed by atoms with Crippen LogP contribution in [-0.4, -0.2) is 22.5 Å². The Bertz CT molecular complexity index is 700. The summed E-state index contributed by atoms with van der Waals surface area (Å²) < 4.78 is 7.02. The number of fused-ring (bicyclic) bond motifs is 1. The van der Waals surface area contributed by atoms with Crippen molar-refractivity contribution in [2.75, 3.05) is 7.11 Å². The van der Waals surface area contributed by atoms with Crippen LogP contribution in [-0.2, 0) is 16.1 Å². The molecule has 0 saturated heterocycles. The summed E-state index contributed by atoms with van der Waals surface area (Å²) in [4.78, 5) is 12.6. The van der Waals surface area contributed by atoms with E-state index < -0.39 is 0 Å². The lowest BCUT2D eigenvalue weighted by atomic mass is 10.1. The van der Waals surface area contributed by atoms with Crippen molar-refractivity contribution in [3.8, 4) is 0 Å². The van der Waals surface area contributed by atoms with E-state index in [1.807, 2.05) is 24.3 Å². The molecule has 1 aliphatic rings. The molecule has 1 aliphatic heterocycles. The summed E-state index contributed by atoms with van der Waals surface area (Å²) in [6.45, 7) is 2.87. The Balaban J connectivity index is 1.93. The van der Waals surface area contributed by atoms with Crippen LogP contribution >= 0.6 is 12.2 Å². The Morgan fingerprint density at radius 3 is 2.62 bits per heavy atom. The van der Waals surface area contributed by atoms with Crippen molar-refractivity contribution in [2.24, 2.45) is 0 Å². The fraction of sp³-hybridized carbons (Fsp3) is 0.294. The molecule has 0 aliphatic carbocycles. The number of aryl methyl sites for hydroxylation is 1. The zero-order valence-electron chi connectivity index (χ0n) is 12.1. The molecule has 2 aromatic rings. The number of carbonyl (C=O) groups is 1. The first kappa shape index (κ1) is 14.0. The summed E-state index contributed by atoms with van der Waals surface area (Å²) >= 11 is 5.62. The van der Waals surface area contributed by atoms with Gasteiger partial charge >= 0.3 is 5.97 Å². The topological polar surface area (TPSA) is 31.2 Å². The van der Waals surface area contributed by atoms with Crippen LogP contribution < -0.4 is 0 Å². The standard InChI is InChI=1S/C17H17NO2S/c1-11-3-5-12(6-4-11)16(21)15-8-7-14-13(17(19)20-2)9-10-18(14)15/h3-8,13H,9-10H2,1-2H3. The smallest absolute Gasteiger partial charge is 0.314 e. The number of hydrogen-bond acceptors (Lipinski definition) is 3. The van der Waals surface area contributed by atoms with E-state index in [1.54, 1.807) is 0 Å². The van der Waals surface area contributed by atoms with Crippen LogP contribution in [0.2, 0.25) is 0 Å². The van der Waals surface area contributed by atoms with E-state index >= 15 is 0 Å². The van der Waals surface area contributed by atoms with E-state index in [-0.39, 0.29) is 11.9 Å². The van der Waals surface area contributed by atoms with E-state index in [1.165, 1.54) is 12.7 Å². The van der Waals surface area contributed by atoms with Gasteiger partial charge in [-0.2, -0.15) is 0 Å². The molecule has 0 fully saturated rings. The van der Waals surface area contributed by atoms with Gasteiger partial charge in [0.15, 0.2) is 0 Å². The molecule has 0 bridgehead atoms. The summed E-state index contributed by atoms with van der Waals surface area (Å²) in [5, 5.41) is 0. The van der Waals surface area contributed by atoms with Crippen LogP contribution in [0.3, 0.4) is 0 Å². The molecule has 4 heteroatoms. The monoisotopic (exact) mass is 299 g/mol. The number of rotatable bonds is 3. The summed E-state index contributed by atoms with van der Waals surface area (Å²) in [6.07, 6.45) is 0.784. The molecule has 3 rings (SSSR count). The molecule has 21 heavy (non-hydrogen) atoms. The lowest BCUT2D eigenvalue weighted by Crippen LogP contribution is -2.11. The molecule has 0 amide bonds. The summed E-state index contributed by atoms with van der Waals surface area (Å²) in [7, 11) is 1.44. The maximum absolute atomic E-state index is 11.8. The predicted molar refractivity (Wildman–Crippen MR) is 85.8 cm³/mol. The minimum atomic E-state index is -0.167. The number of methoxy groups -OCH3 is 1. The van der Waals surface area contributed by atoms with Gasteiger partial charge in [0, 0.05) is 12.2 Å². The van der Waals surface area contributed by atoms with Gasteiger partial charge in [-0.3, -0.25) is 4.79 Å². The number of thiocarbonyl (C=S) groups is 1. The van der Waals surface area contributed by atoms with Gasteiger partial charge in [-0.1, -0.05) is 42.0 Å². The molecule has 2 heterocycles. The van der Waals surface area contributed by atoms with Crippen LogP contribution in [0.15, 0.2) is 36.4 Å². The SMILES string of the molecule is COC(=O)C1CCn2c(C(=S)c3ccc(C)cc3)ccc21. The van der Waals surface area contributed by atoms with Crippen molar-refractivity contribution in [3.05, 3.63) is 58.9 Å².